The first-order valence-electron chi connectivity index (χ1n) is 5.91. The van der Waals surface area contributed by atoms with Crippen LogP contribution in [0.2, 0.25) is 0 Å². The number of benzene rings is 1. The van der Waals surface area contributed by atoms with Gasteiger partial charge in [0.15, 0.2) is 0 Å². The Morgan fingerprint density at radius 2 is 1.88 bits per heavy atom. The molecule has 0 radical (unpaired) electrons. The van der Waals surface area contributed by atoms with Crippen molar-refractivity contribution in [3.63, 3.8) is 0 Å². The molecule has 1 atom stereocenters. The summed E-state index contributed by atoms with van der Waals surface area (Å²) in [5, 5.41) is 0. The molecule has 0 N–H and O–H groups in total. The van der Waals surface area contributed by atoms with Crippen LogP contribution in [0.3, 0.4) is 0 Å². The number of hydrogen-bond acceptors (Lipinski definition) is 2. The van der Waals surface area contributed by atoms with Crippen LogP contribution in [0.15, 0.2) is 36.4 Å². The van der Waals surface area contributed by atoms with E-state index in [4.69, 9.17) is 4.74 Å². The minimum absolute atomic E-state index is 0.490. The van der Waals surface area contributed by atoms with Gasteiger partial charge >= 0.3 is 0 Å². The van der Waals surface area contributed by atoms with Crippen LogP contribution in [0.4, 0.5) is 0 Å². The van der Waals surface area contributed by atoms with Crippen LogP contribution in [-0.4, -0.2) is 37.2 Å². The van der Waals surface area contributed by atoms with E-state index in [9.17, 15) is 0 Å². The Labute approximate surface area is 97.5 Å². The van der Waals surface area contributed by atoms with Crippen molar-refractivity contribution >= 4 is 6.08 Å². The van der Waals surface area contributed by atoms with Gasteiger partial charge in [0, 0.05) is 19.1 Å². The van der Waals surface area contributed by atoms with Crippen molar-refractivity contribution in [3.8, 4) is 0 Å². The van der Waals surface area contributed by atoms with Crippen LogP contribution in [0.25, 0.3) is 6.08 Å². The van der Waals surface area contributed by atoms with E-state index in [1.165, 1.54) is 5.56 Å². The predicted octanol–water partition coefficient (Wildman–Crippen LogP) is 2.42. The fourth-order valence-electron chi connectivity index (χ4n) is 1.92. The highest BCUT2D eigenvalue weighted by Gasteiger charge is 2.14. The summed E-state index contributed by atoms with van der Waals surface area (Å²) in [6, 6.07) is 10.9. The van der Waals surface area contributed by atoms with Crippen LogP contribution in [0, 0.1) is 0 Å². The minimum atomic E-state index is 0.490. The Balaban J connectivity index is 1.91. The molecule has 16 heavy (non-hydrogen) atoms. The van der Waals surface area contributed by atoms with Gasteiger partial charge in [0.25, 0.3) is 0 Å². The van der Waals surface area contributed by atoms with Crippen LogP contribution in [-0.2, 0) is 4.74 Å². The highest BCUT2D eigenvalue weighted by atomic mass is 16.5. The molecule has 0 saturated carbocycles. The number of rotatable bonds is 3. The maximum atomic E-state index is 5.35. The van der Waals surface area contributed by atoms with Crippen molar-refractivity contribution in [2.24, 2.45) is 0 Å². The molecular formula is C14H19NO. The van der Waals surface area contributed by atoms with Gasteiger partial charge in [-0.05, 0) is 12.5 Å². The number of hydrogen-bond donors (Lipinski definition) is 0. The summed E-state index contributed by atoms with van der Waals surface area (Å²) in [4.78, 5) is 2.45. The molecule has 0 aromatic heterocycles. The molecule has 1 aromatic rings. The van der Waals surface area contributed by atoms with Crippen LogP contribution < -0.4 is 0 Å². The van der Waals surface area contributed by atoms with E-state index < -0.39 is 0 Å². The molecule has 1 aliphatic rings. The van der Waals surface area contributed by atoms with Gasteiger partial charge in [0.1, 0.15) is 0 Å². The molecule has 1 aliphatic heterocycles. The Hall–Kier alpha value is -1.12. The van der Waals surface area contributed by atoms with Gasteiger partial charge in [-0.2, -0.15) is 0 Å². The van der Waals surface area contributed by atoms with E-state index >= 15 is 0 Å². The molecule has 0 aliphatic carbocycles. The molecule has 1 unspecified atom stereocenters. The van der Waals surface area contributed by atoms with E-state index in [0.29, 0.717) is 6.04 Å². The maximum absolute atomic E-state index is 5.35. The third-order valence-electron chi connectivity index (χ3n) is 2.99. The molecule has 86 valence electrons. The van der Waals surface area contributed by atoms with Gasteiger partial charge in [-0.15, -0.1) is 0 Å². The zero-order chi connectivity index (χ0) is 11.2. The molecule has 1 saturated heterocycles. The second-order valence-corrected chi connectivity index (χ2v) is 4.16. The zero-order valence-electron chi connectivity index (χ0n) is 9.80. The molecule has 1 fully saturated rings. The molecule has 2 rings (SSSR count). The molecule has 0 spiro atoms. The van der Waals surface area contributed by atoms with Crippen LogP contribution in [0.5, 0.6) is 0 Å². The number of nitrogens with zero attached hydrogens (tertiary/aromatic N) is 1. The van der Waals surface area contributed by atoms with Crippen LogP contribution >= 0.6 is 0 Å². The predicted molar refractivity (Wildman–Crippen MR) is 67.3 cm³/mol. The van der Waals surface area contributed by atoms with E-state index in [1.807, 2.05) is 6.07 Å². The fraction of sp³-hybridized carbons (Fsp3) is 0.429. The standard InChI is InChI=1S/C14H19NO/c1-13(15-9-11-16-12-10-15)7-8-14-5-3-2-4-6-14/h2-8,13H,9-12H2,1H3/b8-7-. The minimum Gasteiger partial charge on any atom is -0.379 e. The van der Waals surface area contributed by atoms with Gasteiger partial charge in [-0.3, -0.25) is 4.90 Å². The summed E-state index contributed by atoms with van der Waals surface area (Å²) in [5.41, 5.74) is 1.27. The van der Waals surface area contributed by atoms with Gasteiger partial charge in [-0.1, -0.05) is 42.5 Å². The van der Waals surface area contributed by atoms with E-state index in [1.54, 1.807) is 0 Å². The molecule has 0 bridgehead atoms. The quantitative estimate of drug-likeness (QED) is 0.771. The Kier molecular flexibility index (Phi) is 4.14. The van der Waals surface area contributed by atoms with Crippen LogP contribution in [0.1, 0.15) is 12.5 Å². The summed E-state index contributed by atoms with van der Waals surface area (Å²) >= 11 is 0. The Morgan fingerprint density at radius 3 is 2.56 bits per heavy atom. The average Bonchev–Trinajstić information content (AvgIpc) is 2.38. The smallest absolute Gasteiger partial charge is 0.0594 e. The molecule has 2 heteroatoms. The highest BCUT2D eigenvalue weighted by molar-refractivity contribution is 5.49. The third-order valence-corrected chi connectivity index (χ3v) is 2.99. The lowest BCUT2D eigenvalue weighted by atomic mass is 10.1. The third kappa shape index (κ3) is 3.19. The monoisotopic (exact) mass is 217 g/mol. The molecule has 2 nitrogen and oxygen atoms in total. The molecule has 1 heterocycles. The Bertz CT molecular complexity index is 328. The van der Waals surface area contributed by atoms with Gasteiger partial charge < -0.3 is 4.74 Å². The van der Waals surface area contributed by atoms with Crippen molar-refractivity contribution in [2.45, 2.75) is 13.0 Å². The normalized spacial score (nSPS) is 20.1. The first-order valence-corrected chi connectivity index (χ1v) is 5.91. The number of ether oxygens (including phenoxy) is 1. The average molecular weight is 217 g/mol. The first-order chi connectivity index (χ1) is 7.86. The Morgan fingerprint density at radius 1 is 1.19 bits per heavy atom. The van der Waals surface area contributed by atoms with Gasteiger partial charge in [-0.25, -0.2) is 0 Å². The lowest BCUT2D eigenvalue weighted by Crippen LogP contribution is -2.41. The van der Waals surface area contributed by atoms with Crippen molar-refractivity contribution < 1.29 is 4.74 Å². The van der Waals surface area contributed by atoms with E-state index in [-0.39, 0.29) is 0 Å². The molecule has 0 amide bonds. The largest absolute Gasteiger partial charge is 0.379 e. The topological polar surface area (TPSA) is 12.5 Å². The summed E-state index contributed by atoms with van der Waals surface area (Å²) < 4.78 is 5.35. The highest BCUT2D eigenvalue weighted by Crippen LogP contribution is 2.08. The zero-order valence-corrected chi connectivity index (χ0v) is 9.80. The van der Waals surface area contributed by atoms with Crippen molar-refractivity contribution in [1.82, 2.24) is 4.90 Å². The SMILES string of the molecule is CC(/C=C\c1ccccc1)N1CCOCC1. The fourth-order valence-corrected chi connectivity index (χ4v) is 1.92. The van der Waals surface area contributed by atoms with Crippen molar-refractivity contribution in [3.05, 3.63) is 42.0 Å². The number of morpholine rings is 1. The van der Waals surface area contributed by atoms with Crippen molar-refractivity contribution in [2.75, 3.05) is 26.3 Å². The lowest BCUT2D eigenvalue weighted by Gasteiger charge is -2.30. The summed E-state index contributed by atoms with van der Waals surface area (Å²) in [7, 11) is 0. The molecule has 1 aromatic carbocycles. The second-order valence-electron chi connectivity index (χ2n) is 4.16. The van der Waals surface area contributed by atoms with Gasteiger partial charge in [0.05, 0.1) is 13.2 Å². The summed E-state index contributed by atoms with van der Waals surface area (Å²) in [6.45, 7) is 6.05. The molecular weight excluding hydrogens is 198 g/mol. The summed E-state index contributed by atoms with van der Waals surface area (Å²) in [6.07, 6.45) is 4.46. The van der Waals surface area contributed by atoms with E-state index in [0.717, 1.165) is 26.3 Å². The maximum Gasteiger partial charge on any atom is 0.0594 e. The lowest BCUT2D eigenvalue weighted by molar-refractivity contribution is 0.0288. The van der Waals surface area contributed by atoms with Gasteiger partial charge in [0.2, 0.25) is 0 Å². The summed E-state index contributed by atoms with van der Waals surface area (Å²) in [5.74, 6) is 0. The second kappa shape index (κ2) is 5.83. The van der Waals surface area contributed by atoms with E-state index in [2.05, 4.69) is 48.2 Å². The first kappa shape index (κ1) is 11.4. The van der Waals surface area contributed by atoms with Crippen molar-refractivity contribution in [1.29, 1.82) is 0 Å².